The average molecular weight is 552 g/mol. The van der Waals surface area contributed by atoms with E-state index >= 15 is 0 Å². The molecule has 0 saturated carbocycles. The molecule has 186 valence electrons. The Bertz CT molecular complexity index is 1500. The van der Waals surface area contributed by atoms with E-state index in [2.05, 4.69) is 10.2 Å². The van der Waals surface area contributed by atoms with E-state index in [1.54, 1.807) is 48.5 Å². The minimum atomic E-state index is -0.915. The quantitative estimate of drug-likeness (QED) is 0.0960. The molecule has 0 aliphatic carbocycles. The Morgan fingerprint density at radius 1 is 1.03 bits per heavy atom. The number of nitrogens with zero attached hydrogens (tertiary/aromatic N) is 3. The molecule has 1 N–H and O–H groups in total. The molecule has 2 heterocycles. The van der Waals surface area contributed by atoms with Crippen LogP contribution in [0.3, 0.4) is 0 Å². The van der Waals surface area contributed by atoms with Gasteiger partial charge in [0, 0.05) is 16.3 Å². The number of aliphatic hydroxyl groups is 1. The molecule has 1 aliphatic rings. The van der Waals surface area contributed by atoms with Crippen molar-refractivity contribution >= 4 is 57.3 Å². The molecule has 0 bridgehead atoms. The van der Waals surface area contributed by atoms with Crippen molar-refractivity contribution < 1.29 is 19.1 Å². The molecule has 1 atom stereocenters. The average Bonchev–Trinajstić information content (AvgIpc) is 3.46. The van der Waals surface area contributed by atoms with E-state index in [-0.39, 0.29) is 22.3 Å². The van der Waals surface area contributed by atoms with Crippen molar-refractivity contribution in [1.82, 2.24) is 10.2 Å². The van der Waals surface area contributed by atoms with Gasteiger partial charge in [-0.1, -0.05) is 88.8 Å². The fourth-order valence-electron chi connectivity index (χ4n) is 3.94. The summed E-state index contributed by atoms with van der Waals surface area (Å²) in [7, 11) is 0. The van der Waals surface area contributed by atoms with Gasteiger partial charge in [0.15, 0.2) is 4.34 Å². The molecule has 1 aliphatic heterocycles. The van der Waals surface area contributed by atoms with Crippen molar-refractivity contribution in [3.8, 4) is 0 Å². The SMILES string of the molecule is Cc1ccc(/C(O)=C2/C(=O)C(=O)N(c3nnc(SCc4ccc(F)cc4)s3)C2c2ccc(Cl)cc2)cc1. The lowest BCUT2D eigenvalue weighted by Crippen LogP contribution is -2.29. The predicted octanol–water partition coefficient (Wildman–Crippen LogP) is 6.56. The Balaban J connectivity index is 1.53. The van der Waals surface area contributed by atoms with E-state index in [1.165, 1.54) is 28.8 Å². The third kappa shape index (κ3) is 5.16. The highest BCUT2D eigenvalue weighted by Crippen LogP contribution is 2.44. The topological polar surface area (TPSA) is 83.4 Å². The summed E-state index contributed by atoms with van der Waals surface area (Å²) in [4.78, 5) is 27.8. The van der Waals surface area contributed by atoms with Crippen LogP contribution in [0.25, 0.3) is 5.76 Å². The molecule has 1 unspecified atom stereocenters. The first-order chi connectivity index (χ1) is 17.8. The Morgan fingerprint density at radius 2 is 1.70 bits per heavy atom. The number of hydrogen-bond acceptors (Lipinski definition) is 7. The van der Waals surface area contributed by atoms with Gasteiger partial charge in [-0.05, 0) is 42.3 Å². The normalized spacial score (nSPS) is 16.9. The van der Waals surface area contributed by atoms with E-state index in [1.807, 2.05) is 19.1 Å². The summed E-state index contributed by atoms with van der Waals surface area (Å²) in [6, 6.07) is 19.0. The van der Waals surface area contributed by atoms with Crippen LogP contribution in [0.1, 0.15) is 28.3 Å². The number of amides is 1. The number of halogens is 2. The number of Topliss-reactive ketones (excluding diaryl/α,β-unsaturated/α-hetero) is 1. The summed E-state index contributed by atoms with van der Waals surface area (Å²) in [5.74, 6) is -1.66. The van der Waals surface area contributed by atoms with Gasteiger partial charge < -0.3 is 5.11 Å². The molecule has 10 heteroatoms. The van der Waals surface area contributed by atoms with Gasteiger partial charge in [-0.2, -0.15) is 0 Å². The standard InChI is InChI=1S/C27H19ClFN3O3S2/c1-15-2-6-18(7-3-15)23(33)21-22(17-8-10-19(28)11-9-17)32(25(35)24(21)34)26-30-31-27(37-26)36-14-16-4-12-20(29)13-5-16/h2-13,22,33H,14H2,1H3/b23-21-. The molecule has 0 radical (unpaired) electrons. The van der Waals surface area contributed by atoms with Crippen molar-refractivity contribution in [3.05, 3.63) is 111 Å². The largest absolute Gasteiger partial charge is 0.507 e. The lowest BCUT2D eigenvalue weighted by molar-refractivity contribution is -0.132. The van der Waals surface area contributed by atoms with Crippen LogP contribution < -0.4 is 4.90 Å². The van der Waals surface area contributed by atoms with E-state index in [0.29, 0.717) is 26.2 Å². The van der Waals surface area contributed by atoms with Gasteiger partial charge in [-0.25, -0.2) is 4.39 Å². The zero-order chi connectivity index (χ0) is 26.1. The van der Waals surface area contributed by atoms with Crippen LogP contribution in [0.15, 0.2) is 82.7 Å². The summed E-state index contributed by atoms with van der Waals surface area (Å²) in [6.45, 7) is 1.91. The first-order valence-corrected chi connectivity index (χ1v) is 13.3. The van der Waals surface area contributed by atoms with Crippen LogP contribution in [-0.4, -0.2) is 27.0 Å². The van der Waals surface area contributed by atoms with E-state index in [0.717, 1.165) is 22.5 Å². The smallest absolute Gasteiger partial charge is 0.301 e. The number of ketones is 1. The number of carbonyl (C=O) groups excluding carboxylic acids is 2. The maximum absolute atomic E-state index is 13.3. The fourth-order valence-corrected chi connectivity index (χ4v) is 5.89. The van der Waals surface area contributed by atoms with Crippen LogP contribution in [0, 0.1) is 12.7 Å². The first-order valence-electron chi connectivity index (χ1n) is 11.2. The van der Waals surface area contributed by atoms with Crippen molar-refractivity contribution in [1.29, 1.82) is 0 Å². The predicted molar refractivity (Wildman–Crippen MR) is 143 cm³/mol. The molecule has 6 nitrogen and oxygen atoms in total. The number of rotatable bonds is 6. The third-order valence-electron chi connectivity index (χ3n) is 5.83. The van der Waals surface area contributed by atoms with E-state index in [9.17, 15) is 19.1 Å². The lowest BCUT2D eigenvalue weighted by atomic mass is 9.95. The molecule has 3 aromatic carbocycles. The van der Waals surface area contributed by atoms with Gasteiger partial charge in [-0.3, -0.25) is 14.5 Å². The highest BCUT2D eigenvalue weighted by Gasteiger charge is 2.48. The minimum absolute atomic E-state index is 0.0353. The molecule has 5 rings (SSSR count). The molecule has 0 spiro atoms. The van der Waals surface area contributed by atoms with Gasteiger partial charge in [0.25, 0.3) is 5.78 Å². The Morgan fingerprint density at radius 3 is 2.38 bits per heavy atom. The number of anilines is 1. The molecule has 4 aromatic rings. The lowest BCUT2D eigenvalue weighted by Gasteiger charge is -2.22. The zero-order valence-electron chi connectivity index (χ0n) is 19.4. The Kier molecular flexibility index (Phi) is 7.10. The monoisotopic (exact) mass is 551 g/mol. The summed E-state index contributed by atoms with van der Waals surface area (Å²) in [6.07, 6.45) is 0. The molecule has 1 saturated heterocycles. The highest BCUT2D eigenvalue weighted by atomic mass is 35.5. The molecule has 37 heavy (non-hydrogen) atoms. The van der Waals surface area contributed by atoms with Crippen LogP contribution in [0.2, 0.25) is 5.02 Å². The van der Waals surface area contributed by atoms with E-state index < -0.39 is 17.7 Å². The van der Waals surface area contributed by atoms with Crippen molar-refractivity contribution in [3.63, 3.8) is 0 Å². The van der Waals surface area contributed by atoms with Crippen LogP contribution >= 0.6 is 34.7 Å². The van der Waals surface area contributed by atoms with Gasteiger partial charge in [0.2, 0.25) is 5.13 Å². The van der Waals surface area contributed by atoms with Crippen LogP contribution in [0.5, 0.6) is 0 Å². The zero-order valence-corrected chi connectivity index (χ0v) is 21.8. The van der Waals surface area contributed by atoms with Gasteiger partial charge in [-0.15, -0.1) is 10.2 Å². The molecule has 1 fully saturated rings. The number of aryl methyl sites for hydroxylation is 1. The minimum Gasteiger partial charge on any atom is -0.507 e. The van der Waals surface area contributed by atoms with Crippen molar-refractivity contribution in [2.45, 2.75) is 23.1 Å². The second-order valence-corrected chi connectivity index (χ2v) is 11.0. The number of aliphatic hydroxyl groups excluding tert-OH is 1. The summed E-state index contributed by atoms with van der Waals surface area (Å²) in [5.41, 5.74) is 2.88. The van der Waals surface area contributed by atoms with Gasteiger partial charge in [0.1, 0.15) is 11.6 Å². The second-order valence-electron chi connectivity index (χ2n) is 8.35. The van der Waals surface area contributed by atoms with Crippen LogP contribution in [-0.2, 0) is 15.3 Å². The maximum Gasteiger partial charge on any atom is 0.301 e. The number of carbonyl (C=O) groups is 2. The molecular formula is C27H19ClFN3O3S2. The molecule has 1 amide bonds. The Labute approximate surface area is 225 Å². The summed E-state index contributed by atoms with van der Waals surface area (Å²) >= 11 is 8.63. The number of thioether (sulfide) groups is 1. The number of hydrogen-bond donors (Lipinski definition) is 1. The number of aromatic nitrogens is 2. The van der Waals surface area contributed by atoms with Gasteiger partial charge in [0.05, 0.1) is 11.6 Å². The molecule has 1 aromatic heterocycles. The second kappa shape index (κ2) is 10.5. The molecular weight excluding hydrogens is 533 g/mol. The van der Waals surface area contributed by atoms with Gasteiger partial charge >= 0.3 is 5.91 Å². The maximum atomic E-state index is 13.3. The summed E-state index contributed by atoms with van der Waals surface area (Å²) in [5, 5.41) is 20.3. The third-order valence-corrected chi connectivity index (χ3v) is 8.21. The number of benzene rings is 3. The first kappa shape index (κ1) is 25.1. The summed E-state index contributed by atoms with van der Waals surface area (Å²) < 4.78 is 13.8. The highest BCUT2D eigenvalue weighted by molar-refractivity contribution is 8.00. The Hall–Kier alpha value is -3.53. The van der Waals surface area contributed by atoms with Crippen molar-refractivity contribution in [2.75, 3.05) is 4.90 Å². The van der Waals surface area contributed by atoms with E-state index in [4.69, 9.17) is 11.6 Å². The fraction of sp³-hybridized carbons (Fsp3) is 0.111. The van der Waals surface area contributed by atoms with Crippen LogP contribution in [0.4, 0.5) is 9.52 Å². The van der Waals surface area contributed by atoms with Crippen molar-refractivity contribution in [2.24, 2.45) is 0 Å².